The fourth-order valence-corrected chi connectivity index (χ4v) is 6.11. The van der Waals surface area contributed by atoms with E-state index in [2.05, 4.69) is 0 Å². The van der Waals surface area contributed by atoms with E-state index in [0.29, 0.717) is 6.54 Å². The summed E-state index contributed by atoms with van der Waals surface area (Å²) in [7, 11) is 1.48. The van der Waals surface area contributed by atoms with Crippen LogP contribution >= 0.6 is 0 Å². The Balaban J connectivity index is 1.57. The minimum atomic E-state index is -0.953. The first-order chi connectivity index (χ1) is 14.0. The third kappa shape index (κ3) is 1.91. The van der Waals surface area contributed by atoms with Crippen LogP contribution < -0.4 is 0 Å². The van der Waals surface area contributed by atoms with Crippen LogP contribution in [0.2, 0.25) is 0 Å². The SMILES string of the molecule is CN1C(=O)[C@@H]2[C@H](C1=O)[C@H]1C(=O)[C@H](C(=O)c3ccco3)C3c4ccccc4CN1[C@H]32. The molecule has 29 heavy (non-hydrogen) atoms. The topological polar surface area (TPSA) is 87.9 Å². The molecule has 146 valence electrons. The monoisotopic (exact) mass is 390 g/mol. The van der Waals surface area contributed by atoms with E-state index >= 15 is 0 Å². The molecule has 7 heteroatoms. The molecule has 6 rings (SSSR count). The number of likely N-dealkylation sites (tertiary alicyclic amines) is 1. The van der Waals surface area contributed by atoms with Crippen LogP contribution in [0.25, 0.3) is 0 Å². The molecule has 5 heterocycles. The molecule has 7 atom stereocenters. The normalized spacial score (nSPS) is 36.9. The lowest BCUT2D eigenvalue weighted by molar-refractivity contribution is -0.145. The molecule has 0 radical (unpaired) electrons. The van der Waals surface area contributed by atoms with Crippen molar-refractivity contribution in [2.45, 2.75) is 24.5 Å². The summed E-state index contributed by atoms with van der Waals surface area (Å²) in [5, 5.41) is 0. The van der Waals surface area contributed by atoms with Gasteiger partial charge in [-0.1, -0.05) is 24.3 Å². The number of nitrogens with zero attached hydrogens (tertiary/aromatic N) is 2. The van der Waals surface area contributed by atoms with Gasteiger partial charge >= 0.3 is 0 Å². The molecular weight excluding hydrogens is 372 g/mol. The Kier molecular flexibility index (Phi) is 3.20. The van der Waals surface area contributed by atoms with E-state index in [1.165, 1.54) is 13.3 Å². The number of ketones is 2. The number of amides is 2. The zero-order valence-electron chi connectivity index (χ0n) is 15.6. The van der Waals surface area contributed by atoms with Crippen molar-refractivity contribution in [3.8, 4) is 0 Å². The lowest BCUT2D eigenvalue weighted by Crippen LogP contribution is -2.60. The van der Waals surface area contributed by atoms with Gasteiger partial charge in [-0.15, -0.1) is 0 Å². The number of carbonyl (C=O) groups is 4. The predicted molar refractivity (Wildman–Crippen MR) is 98.6 cm³/mol. The minimum absolute atomic E-state index is 0.138. The highest BCUT2D eigenvalue weighted by Gasteiger charge is 2.71. The second-order valence-electron chi connectivity index (χ2n) is 8.34. The number of piperidine rings is 1. The molecule has 7 nitrogen and oxygen atoms in total. The van der Waals surface area contributed by atoms with Crippen molar-refractivity contribution in [1.29, 1.82) is 0 Å². The Morgan fingerprint density at radius 2 is 1.76 bits per heavy atom. The van der Waals surface area contributed by atoms with Crippen LogP contribution in [0.3, 0.4) is 0 Å². The van der Waals surface area contributed by atoms with Crippen LogP contribution in [0.4, 0.5) is 0 Å². The first kappa shape index (κ1) is 16.9. The van der Waals surface area contributed by atoms with Gasteiger partial charge in [-0.2, -0.15) is 0 Å². The van der Waals surface area contributed by atoms with Gasteiger partial charge < -0.3 is 4.42 Å². The van der Waals surface area contributed by atoms with Crippen molar-refractivity contribution in [3.63, 3.8) is 0 Å². The van der Waals surface area contributed by atoms with Gasteiger partial charge in [0.05, 0.1) is 30.1 Å². The van der Waals surface area contributed by atoms with Crippen molar-refractivity contribution >= 4 is 23.4 Å². The molecule has 0 N–H and O–H groups in total. The number of furan rings is 1. The van der Waals surface area contributed by atoms with Crippen LogP contribution in [-0.2, 0) is 20.9 Å². The molecule has 3 saturated heterocycles. The molecule has 2 aromatic rings. The third-order valence-corrected chi connectivity index (χ3v) is 7.21. The number of hydrogen-bond acceptors (Lipinski definition) is 6. The largest absolute Gasteiger partial charge is 0.461 e. The Morgan fingerprint density at radius 3 is 2.52 bits per heavy atom. The first-order valence-electron chi connectivity index (χ1n) is 9.77. The van der Waals surface area contributed by atoms with Gasteiger partial charge in [0.25, 0.3) is 0 Å². The van der Waals surface area contributed by atoms with E-state index in [1.807, 2.05) is 29.2 Å². The lowest BCUT2D eigenvalue weighted by atomic mass is 9.68. The van der Waals surface area contributed by atoms with Gasteiger partial charge in [0.2, 0.25) is 17.6 Å². The van der Waals surface area contributed by atoms with Crippen LogP contribution in [0.1, 0.15) is 27.6 Å². The smallest absolute Gasteiger partial charge is 0.234 e. The highest BCUT2D eigenvalue weighted by molar-refractivity contribution is 6.16. The highest BCUT2D eigenvalue weighted by Crippen LogP contribution is 2.57. The number of fused-ring (bicyclic) bond motifs is 4. The Morgan fingerprint density at radius 1 is 1.00 bits per heavy atom. The summed E-state index contributed by atoms with van der Waals surface area (Å²) in [5.74, 6) is -3.80. The molecule has 3 fully saturated rings. The summed E-state index contributed by atoms with van der Waals surface area (Å²) in [5.41, 5.74) is 1.96. The quantitative estimate of drug-likeness (QED) is 0.436. The van der Waals surface area contributed by atoms with Crippen LogP contribution in [-0.4, -0.2) is 52.3 Å². The van der Waals surface area contributed by atoms with E-state index in [4.69, 9.17) is 4.42 Å². The lowest BCUT2D eigenvalue weighted by Gasteiger charge is -2.48. The molecule has 4 aliphatic rings. The number of carbonyl (C=O) groups excluding carboxylic acids is 4. The molecule has 1 aromatic heterocycles. The summed E-state index contributed by atoms with van der Waals surface area (Å²) in [6, 6.07) is 9.83. The molecule has 2 amide bonds. The summed E-state index contributed by atoms with van der Waals surface area (Å²) in [6.07, 6.45) is 1.41. The average Bonchev–Trinajstić information content (AvgIpc) is 3.39. The molecular formula is C22H18N2O5. The summed E-state index contributed by atoms with van der Waals surface area (Å²) in [4.78, 5) is 56.0. The second kappa shape index (κ2) is 5.51. The Labute approximate surface area is 166 Å². The number of rotatable bonds is 2. The average molecular weight is 390 g/mol. The predicted octanol–water partition coefficient (Wildman–Crippen LogP) is 1.24. The standard InChI is InChI=1S/C22H18N2O5/c1-23-21(27)14-15(22(23)28)18-20(26)16(19(25)12-7-4-8-29-12)13-11-6-3-2-5-10(11)9-24(18)17(13)14/h2-8,13-18H,9H2,1H3/t13?,14-,15+,16+,17-,18+/m1/s1. The van der Waals surface area contributed by atoms with Crippen molar-refractivity contribution in [3.05, 3.63) is 59.5 Å². The highest BCUT2D eigenvalue weighted by atomic mass is 16.3. The van der Waals surface area contributed by atoms with E-state index in [9.17, 15) is 19.2 Å². The molecule has 2 unspecified atom stereocenters. The first-order valence-corrected chi connectivity index (χ1v) is 9.77. The van der Waals surface area contributed by atoms with Crippen LogP contribution in [0.5, 0.6) is 0 Å². The number of hydrogen-bond donors (Lipinski definition) is 0. The van der Waals surface area contributed by atoms with Gasteiger partial charge in [-0.05, 0) is 23.3 Å². The van der Waals surface area contributed by atoms with Gasteiger partial charge in [0.1, 0.15) is 0 Å². The summed E-state index contributed by atoms with van der Waals surface area (Å²) in [6.45, 7) is 0.507. The van der Waals surface area contributed by atoms with Crippen molar-refractivity contribution in [1.82, 2.24) is 9.80 Å². The van der Waals surface area contributed by atoms with E-state index < -0.39 is 29.7 Å². The fourth-order valence-electron chi connectivity index (χ4n) is 6.11. The number of Topliss-reactive ketones (excluding diaryl/α,β-unsaturated/α-hetero) is 2. The molecule has 0 spiro atoms. The summed E-state index contributed by atoms with van der Waals surface area (Å²) < 4.78 is 5.31. The Hall–Kier alpha value is -3.06. The maximum atomic E-state index is 13.7. The van der Waals surface area contributed by atoms with Gasteiger partial charge in [-0.25, -0.2) is 0 Å². The second-order valence-corrected chi connectivity index (χ2v) is 8.34. The van der Waals surface area contributed by atoms with Gasteiger partial charge in [-0.3, -0.25) is 29.0 Å². The van der Waals surface area contributed by atoms with Gasteiger partial charge in [0.15, 0.2) is 11.5 Å². The minimum Gasteiger partial charge on any atom is -0.461 e. The zero-order chi connectivity index (χ0) is 20.0. The molecule has 0 saturated carbocycles. The fraction of sp³-hybridized carbons (Fsp3) is 0.364. The van der Waals surface area contributed by atoms with E-state index in [0.717, 1.165) is 16.0 Å². The summed E-state index contributed by atoms with van der Waals surface area (Å²) >= 11 is 0. The van der Waals surface area contributed by atoms with Gasteiger partial charge in [0, 0.05) is 25.6 Å². The van der Waals surface area contributed by atoms with Crippen molar-refractivity contribution in [2.24, 2.45) is 17.8 Å². The molecule has 0 aliphatic carbocycles. The third-order valence-electron chi connectivity index (χ3n) is 7.21. The maximum Gasteiger partial charge on any atom is 0.234 e. The van der Waals surface area contributed by atoms with Crippen LogP contribution in [0, 0.1) is 17.8 Å². The van der Waals surface area contributed by atoms with E-state index in [-0.39, 0.29) is 35.2 Å². The van der Waals surface area contributed by atoms with E-state index in [1.54, 1.807) is 12.1 Å². The van der Waals surface area contributed by atoms with Crippen molar-refractivity contribution in [2.75, 3.05) is 7.05 Å². The molecule has 4 bridgehead atoms. The zero-order valence-corrected chi connectivity index (χ0v) is 15.6. The number of imide groups is 1. The molecule has 1 aromatic carbocycles. The van der Waals surface area contributed by atoms with Crippen LogP contribution in [0.15, 0.2) is 47.1 Å². The number of benzene rings is 1. The maximum absolute atomic E-state index is 13.7. The van der Waals surface area contributed by atoms with Crippen molar-refractivity contribution < 1.29 is 23.6 Å². The molecule has 4 aliphatic heterocycles. The Bertz CT molecular complexity index is 1090.